The van der Waals surface area contributed by atoms with Crippen LogP contribution in [0.3, 0.4) is 0 Å². The van der Waals surface area contributed by atoms with Crippen molar-refractivity contribution in [3.05, 3.63) is 34.9 Å². The van der Waals surface area contributed by atoms with E-state index in [0.29, 0.717) is 5.56 Å². The van der Waals surface area contributed by atoms with Crippen LogP contribution in [0.4, 0.5) is 8.78 Å². The summed E-state index contributed by atoms with van der Waals surface area (Å²) in [5.74, 6) is -1.72. The van der Waals surface area contributed by atoms with Gasteiger partial charge in [-0.3, -0.25) is 4.79 Å². The normalized spacial score (nSPS) is 10.9. The molecule has 0 aliphatic rings. The van der Waals surface area contributed by atoms with Gasteiger partial charge in [0.25, 0.3) is 0 Å². The van der Waals surface area contributed by atoms with Crippen LogP contribution >= 0.6 is 0 Å². The summed E-state index contributed by atoms with van der Waals surface area (Å²) in [7, 11) is 0. The van der Waals surface area contributed by atoms with E-state index in [-0.39, 0.29) is 17.9 Å². The molecule has 0 saturated carbocycles. The van der Waals surface area contributed by atoms with Gasteiger partial charge in [0.2, 0.25) is 0 Å². The molecule has 0 radical (unpaired) electrons. The summed E-state index contributed by atoms with van der Waals surface area (Å²) in [5, 5.41) is 0. The monoisotopic (exact) mass is 240 g/mol. The van der Waals surface area contributed by atoms with Crippen molar-refractivity contribution < 1.29 is 13.6 Å². The molecule has 1 aromatic rings. The van der Waals surface area contributed by atoms with E-state index in [4.69, 9.17) is 0 Å². The summed E-state index contributed by atoms with van der Waals surface area (Å²) in [5.41, 5.74) is -0.0730. The van der Waals surface area contributed by atoms with Gasteiger partial charge in [0.05, 0.1) is 5.56 Å². The Morgan fingerprint density at radius 3 is 2.35 bits per heavy atom. The van der Waals surface area contributed by atoms with Gasteiger partial charge in [-0.2, -0.15) is 0 Å². The fourth-order valence-electron chi connectivity index (χ4n) is 1.85. The van der Waals surface area contributed by atoms with Crippen molar-refractivity contribution in [3.63, 3.8) is 0 Å². The predicted octanol–water partition coefficient (Wildman–Crippen LogP) is 4.28. The lowest BCUT2D eigenvalue weighted by Crippen LogP contribution is -2.12. The Balaban J connectivity index is 3.00. The van der Waals surface area contributed by atoms with E-state index in [1.54, 1.807) is 0 Å². The lowest BCUT2D eigenvalue weighted by Gasteiger charge is -2.12. The fraction of sp³-hybridized carbons (Fsp3) is 0.500. The van der Waals surface area contributed by atoms with Crippen LogP contribution in [0.1, 0.15) is 49.0 Å². The first-order chi connectivity index (χ1) is 8.01. The summed E-state index contributed by atoms with van der Waals surface area (Å²) < 4.78 is 27.2. The highest BCUT2D eigenvalue weighted by atomic mass is 19.1. The molecule has 94 valence electrons. The topological polar surface area (TPSA) is 17.1 Å². The number of aryl methyl sites for hydroxylation is 1. The minimum Gasteiger partial charge on any atom is -0.294 e. The zero-order chi connectivity index (χ0) is 13.0. The van der Waals surface area contributed by atoms with E-state index in [1.807, 2.05) is 13.8 Å². The molecule has 1 nitrogen and oxygen atoms in total. The standard InChI is InChI=1S/C14H18F2O/c1-4-10(5-2)8-12(17)13-11(15)7-6-9(3)14(13)16/h6-7,10H,4-5,8H2,1-3H3. The maximum atomic E-state index is 13.7. The van der Waals surface area contributed by atoms with E-state index in [1.165, 1.54) is 13.0 Å². The molecular formula is C14H18F2O. The van der Waals surface area contributed by atoms with Gasteiger partial charge in [0.1, 0.15) is 11.6 Å². The molecule has 0 spiro atoms. The number of hydrogen-bond acceptors (Lipinski definition) is 1. The summed E-state index contributed by atoms with van der Waals surface area (Å²) in [6.45, 7) is 5.48. The van der Waals surface area contributed by atoms with Crippen molar-refractivity contribution in [2.24, 2.45) is 5.92 Å². The van der Waals surface area contributed by atoms with Crippen molar-refractivity contribution in [2.75, 3.05) is 0 Å². The molecule has 3 heteroatoms. The molecule has 0 unspecified atom stereocenters. The Morgan fingerprint density at radius 2 is 1.82 bits per heavy atom. The Kier molecular flexibility index (Phi) is 4.79. The van der Waals surface area contributed by atoms with Crippen LogP contribution < -0.4 is 0 Å². The zero-order valence-electron chi connectivity index (χ0n) is 10.5. The van der Waals surface area contributed by atoms with Crippen molar-refractivity contribution in [1.82, 2.24) is 0 Å². The van der Waals surface area contributed by atoms with Crippen LogP contribution in [0.5, 0.6) is 0 Å². The molecule has 0 bridgehead atoms. The molecule has 0 aliphatic heterocycles. The molecule has 0 N–H and O–H groups in total. The number of hydrogen-bond donors (Lipinski definition) is 0. The van der Waals surface area contributed by atoms with Crippen LogP contribution in [-0.2, 0) is 0 Å². The lowest BCUT2D eigenvalue weighted by molar-refractivity contribution is 0.0950. The molecule has 0 fully saturated rings. The molecule has 0 atom stereocenters. The largest absolute Gasteiger partial charge is 0.294 e. The summed E-state index contributed by atoms with van der Waals surface area (Å²) in [4.78, 5) is 11.9. The third-order valence-corrected chi connectivity index (χ3v) is 3.19. The van der Waals surface area contributed by atoms with E-state index in [9.17, 15) is 13.6 Å². The molecule has 0 aromatic heterocycles. The number of carbonyl (C=O) groups is 1. The van der Waals surface area contributed by atoms with Crippen LogP contribution in [0.25, 0.3) is 0 Å². The van der Waals surface area contributed by atoms with Crippen LogP contribution in [-0.4, -0.2) is 5.78 Å². The number of rotatable bonds is 5. The number of ketones is 1. The Labute approximate surface area is 101 Å². The molecular weight excluding hydrogens is 222 g/mol. The van der Waals surface area contributed by atoms with E-state index in [0.717, 1.165) is 18.9 Å². The summed E-state index contributed by atoms with van der Waals surface area (Å²) in [6, 6.07) is 2.50. The van der Waals surface area contributed by atoms with Crippen LogP contribution in [0.15, 0.2) is 12.1 Å². The van der Waals surface area contributed by atoms with Gasteiger partial charge >= 0.3 is 0 Å². The highest BCUT2D eigenvalue weighted by Crippen LogP contribution is 2.22. The van der Waals surface area contributed by atoms with Crippen LogP contribution in [0.2, 0.25) is 0 Å². The lowest BCUT2D eigenvalue weighted by atomic mass is 9.93. The summed E-state index contributed by atoms with van der Waals surface area (Å²) >= 11 is 0. The maximum Gasteiger partial charge on any atom is 0.169 e. The van der Waals surface area contributed by atoms with E-state index >= 15 is 0 Å². The third-order valence-electron chi connectivity index (χ3n) is 3.19. The predicted molar refractivity (Wildman–Crippen MR) is 64.1 cm³/mol. The minimum atomic E-state index is -0.760. The van der Waals surface area contributed by atoms with E-state index in [2.05, 4.69) is 0 Å². The number of benzene rings is 1. The first kappa shape index (κ1) is 13.8. The fourth-order valence-corrected chi connectivity index (χ4v) is 1.85. The minimum absolute atomic E-state index is 0.196. The van der Waals surface area contributed by atoms with Crippen LogP contribution in [0, 0.1) is 24.5 Å². The summed E-state index contributed by atoms with van der Waals surface area (Å²) in [6.07, 6.45) is 1.90. The molecule has 1 rings (SSSR count). The zero-order valence-corrected chi connectivity index (χ0v) is 10.5. The van der Waals surface area contributed by atoms with Gasteiger partial charge in [0, 0.05) is 6.42 Å². The molecule has 17 heavy (non-hydrogen) atoms. The van der Waals surface area contributed by atoms with Gasteiger partial charge in [-0.25, -0.2) is 8.78 Å². The van der Waals surface area contributed by atoms with Crippen molar-refractivity contribution in [3.8, 4) is 0 Å². The van der Waals surface area contributed by atoms with Crippen molar-refractivity contribution >= 4 is 5.78 Å². The van der Waals surface area contributed by atoms with Gasteiger partial charge in [0.15, 0.2) is 5.78 Å². The highest BCUT2D eigenvalue weighted by molar-refractivity contribution is 5.96. The third kappa shape index (κ3) is 3.11. The van der Waals surface area contributed by atoms with Gasteiger partial charge in [-0.05, 0) is 24.5 Å². The maximum absolute atomic E-state index is 13.7. The van der Waals surface area contributed by atoms with Crippen molar-refractivity contribution in [1.29, 1.82) is 0 Å². The second kappa shape index (κ2) is 5.89. The number of halogens is 2. The smallest absolute Gasteiger partial charge is 0.169 e. The molecule has 0 aliphatic carbocycles. The average Bonchev–Trinajstić information content (AvgIpc) is 2.31. The first-order valence-electron chi connectivity index (χ1n) is 5.99. The van der Waals surface area contributed by atoms with Gasteiger partial charge in [-0.1, -0.05) is 32.8 Å². The Morgan fingerprint density at radius 1 is 1.24 bits per heavy atom. The molecule has 1 aromatic carbocycles. The SMILES string of the molecule is CCC(CC)CC(=O)c1c(F)ccc(C)c1F. The number of Topliss-reactive ketones (excluding diaryl/α,β-unsaturated/α-hetero) is 1. The number of carbonyl (C=O) groups excluding carboxylic acids is 1. The molecule has 0 heterocycles. The second-order valence-corrected chi connectivity index (χ2v) is 4.36. The molecule has 0 saturated heterocycles. The highest BCUT2D eigenvalue weighted by Gasteiger charge is 2.21. The van der Waals surface area contributed by atoms with E-state index < -0.39 is 17.4 Å². The van der Waals surface area contributed by atoms with Gasteiger partial charge < -0.3 is 0 Å². The first-order valence-corrected chi connectivity index (χ1v) is 5.99. The Bertz CT molecular complexity index is 409. The second-order valence-electron chi connectivity index (χ2n) is 4.36. The Hall–Kier alpha value is -1.25. The van der Waals surface area contributed by atoms with Gasteiger partial charge in [-0.15, -0.1) is 0 Å². The van der Waals surface area contributed by atoms with Crippen molar-refractivity contribution in [2.45, 2.75) is 40.0 Å². The molecule has 0 amide bonds. The average molecular weight is 240 g/mol. The quantitative estimate of drug-likeness (QED) is 0.702.